The van der Waals surface area contributed by atoms with E-state index in [4.69, 9.17) is 5.11 Å². The maximum atomic E-state index is 11.9. The van der Waals surface area contributed by atoms with Crippen LogP contribution in [0.2, 0.25) is 0 Å². The van der Waals surface area contributed by atoms with Crippen molar-refractivity contribution in [3.05, 3.63) is 21.7 Å². The van der Waals surface area contributed by atoms with Gasteiger partial charge >= 0.3 is 11.7 Å². The molecule has 1 amide bonds. The lowest BCUT2D eigenvalue weighted by atomic mass is 10.2. The van der Waals surface area contributed by atoms with Crippen molar-refractivity contribution in [2.75, 3.05) is 6.26 Å². The Bertz CT molecular complexity index is 540. The Morgan fingerprint density at radius 3 is 2.61 bits per heavy atom. The molecule has 0 saturated heterocycles. The van der Waals surface area contributed by atoms with Crippen LogP contribution in [0.4, 0.5) is 0 Å². The van der Waals surface area contributed by atoms with Gasteiger partial charge in [-0.05, 0) is 20.1 Å². The highest BCUT2D eigenvalue weighted by molar-refractivity contribution is 7.98. The Hall–Kier alpha value is -1.83. The van der Waals surface area contributed by atoms with Crippen molar-refractivity contribution < 1.29 is 14.7 Å². The van der Waals surface area contributed by atoms with E-state index < -0.39 is 23.6 Å². The fraction of sp³-hybridized carbons (Fsp3) is 0.400. The summed E-state index contributed by atoms with van der Waals surface area (Å²) in [6.07, 6.45) is 1.68. The van der Waals surface area contributed by atoms with Gasteiger partial charge in [0.2, 0.25) is 0 Å². The van der Waals surface area contributed by atoms with E-state index in [-0.39, 0.29) is 10.6 Å². The molecule has 1 heterocycles. The predicted octanol–water partition coefficient (Wildman–Crippen LogP) is 0.00312. The third-order valence-electron chi connectivity index (χ3n) is 2.22. The SMILES string of the molecule is CSc1nc(=O)[nH]c(C)c1C(=O)NC(C)C(=O)O. The minimum Gasteiger partial charge on any atom is -0.480 e. The van der Waals surface area contributed by atoms with Gasteiger partial charge in [0, 0.05) is 5.69 Å². The van der Waals surface area contributed by atoms with Crippen molar-refractivity contribution in [2.24, 2.45) is 0 Å². The van der Waals surface area contributed by atoms with E-state index in [9.17, 15) is 14.4 Å². The molecule has 1 aromatic heterocycles. The number of rotatable bonds is 4. The second-order valence-electron chi connectivity index (χ2n) is 3.58. The first-order valence-electron chi connectivity index (χ1n) is 5.05. The number of aromatic nitrogens is 2. The number of carbonyl (C=O) groups is 2. The van der Waals surface area contributed by atoms with Gasteiger partial charge in [-0.3, -0.25) is 9.59 Å². The van der Waals surface area contributed by atoms with Gasteiger partial charge in [-0.15, -0.1) is 11.8 Å². The molecule has 8 heteroatoms. The fourth-order valence-electron chi connectivity index (χ4n) is 1.31. The number of aryl methyl sites for hydroxylation is 1. The molecule has 98 valence electrons. The second-order valence-corrected chi connectivity index (χ2v) is 4.38. The summed E-state index contributed by atoms with van der Waals surface area (Å²) in [6.45, 7) is 2.91. The number of hydrogen-bond acceptors (Lipinski definition) is 5. The number of aromatic amines is 1. The summed E-state index contributed by atoms with van der Waals surface area (Å²) in [5.41, 5.74) is 0.00400. The van der Waals surface area contributed by atoms with Crippen LogP contribution >= 0.6 is 11.8 Å². The van der Waals surface area contributed by atoms with E-state index in [2.05, 4.69) is 15.3 Å². The van der Waals surface area contributed by atoms with Crippen LogP contribution in [0.25, 0.3) is 0 Å². The van der Waals surface area contributed by atoms with Gasteiger partial charge in [-0.25, -0.2) is 4.79 Å². The van der Waals surface area contributed by atoms with Gasteiger partial charge in [0.25, 0.3) is 5.91 Å². The second kappa shape index (κ2) is 5.67. The van der Waals surface area contributed by atoms with Crippen LogP contribution in [0.3, 0.4) is 0 Å². The van der Waals surface area contributed by atoms with Crippen LogP contribution in [-0.4, -0.2) is 39.2 Å². The minimum absolute atomic E-state index is 0.190. The van der Waals surface area contributed by atoms with Gasteiger partial charge in [0.1, 0.15) is 11.1 Å². The number of hydrogen-bond donors (Lipinski definition) is 3. The van der Waals surface area contributed by atoms with Crippen molar-refractivity contribution in [3.63, 3.8) is 0 Å². The van der Waals surface area contributed by atoms with Crippen LogP contribution in [0.15, 0.2) is 9.82 Å². The number of aliphatic carboxylic acids is 1. The molecule has 0 aromatic carbocycles. The quantitative estimate of drug-likeness (QED) is 0.525. The molecular formula is C10H13N3O4S. The van der Waals surface area contributed by atoms with Gasteiger partial charge < -0.3 is 15.4 Å². The molecule has 0 aliphatic heterocycles. The number of H-pyrrole nitrogens is 1. The number of carboxylic acid groups (broad SMARTS) is 1. The molecule has 3 N–H and O–H groups in total. The molecule has 0 aliphatic carbocycles. The summed E-state index contributed by atoms with van der Waals surface area (Å²) in [6, 6.07) is -1.02. The number of amides is 1. The monoisotopic (exact) mass is 271 g/mol. The number of thioether (sulfide) groups is 1. The summed E-state index contributed by atoms with van der Waals surface area (Å²) >= 11 is 1.15. The summed E-state index contributed by atoms with van der Waals surface area (Å²) in [4.78, 5) is 39.8. The molecule has 1 unspecified atom stereocenters. The maximum Gasteiger partial charge on any atom is 0.346 e. The maximum absolute atomic E-state index is 11.9. The van der Waals surface area contributed by atoms with Crippen molar-refractivity contribution in [3.8, 4) is 0 Å². The summed E-state index contributed by atoms with van der Waals surface area (Å²) in [5, 5.41) is 11.3. The molecular weight excluding hydrogens is 258 g/mol. The molecule has 0 fully saturated rings. The highest BCUT2D eigenvalue weighted by Crippen LogP contribution is 2.17. The van der Waals surface area contributed by atoms with Crippen molar-refractivity contribution in [2.45, 2.75) is 24.9 Å². The molecule has 7 nitrogen and oxygen atoms in total. The van der Waals surface area contributed by atoms with Gasteiger partial charge in [0.15, 0.2) is 0 Å². The zero-order valence-electron chi connectivity index (χ0n) is 10.1. The molecule has 0 bridgehead atoms. The molecule has 0 saturated carbocycles. The van der Waals surface area contributed by atoms with Crippen LogP contribution in [-0.2, 0) is 4.79 Å². The number of nitrogens with one attached hydrogen (secondary N) is 2. The third kappa shape index (κ3) is 3.10. The Labute approximate surface area is 107 Å². The standard InChI is InChI=1S/C10H13N3O4S/c1-4-6(7(14)11-5(2)9(15)16)8(18-3)13-10(17)12-4/h5H,1-3H3,(H,11,14)(H,15,16)(H,12,13,17). The van der Waals surface area contributed by atoms with Crippen LogP contribution in [0.1, 0.15) is 23.0 Å². The Kier molecular flexibility index (Phi) is 4.49. The Balaban J connectivity index is 3.13. The minimum atomic E-state index is -1.14. The third-order valence-corrected chi connectivity index (χ3v) is 2.91. The summed E-state index contributed by atoms with van der Waals surface area (Å²) in [5.74, 6) is -1.71. The number of carbonyl (C=O) groups excluding carboxylic acids is 1. The van der Waals surface area contributed by atoms with Gasteiger partial charge in [0.05, 0.1) is 5.56 Å². The summed E-state index contributed by atoms with van der Waals surface area (Å²) < 4.78 is 0. The number of nitrogens with zero attached hydrogens (tertiary/aromatic N) is 1. The molecule has 1 aromatic rings. The predicted molar refractivity (Wildman–Crippen MR) is 65.9 cm³/mol. The van der Waals surface area contributed by atoms with Gasteiger partial charge in [-0.2, -0.15) is 4.98 Å². The molecule has 18 heavy (non-hydrogen) atoms. The molecule has 1 atom stereocenters. The highest BCUT2D eigenvalue weighted by Gasteiger charge is 2.21. The lowest BCUT2D eigenvalue weighted by molar-refractivity contribution is -0.138. The molecule has 0 spiro atoms. The zero-order chi connectivity index (χ0) is 13.9. The molecule has 0 aliphatic rings. The van der Waals surface area contributed by atoms with Crippen LogP contribution in [0, 0.1) is 6.92 Å². The normalized spacial score (nSPS) is 11.9. The Morgan fingerprint density at radius 1 is 1.50 bits per heavy atom. The first-order chi connectivity index (χ1) is 8.36. The largest absolute Gasteiger partial charge is 0.480 e. The molecule has 0 radical (unpaired) electrons. The number of carboxylic acids is 1. The lowest BCUT2D eigenvalue weighted by Gasteiger charge is -2.12. The smallest absolute Gasteiger partial charge is 0.346 e. The van der Waals surface area contributed by atoms with Crippen LogP contribution in [0.5, 0.6) is 0 Å². The average Bonchev–Trinajstić information content (AvgIpc) is 2.27. The van der Waals surface area contributed by atoms with Gasteiger partial charge in [-0.1, -0.05) is 0 Å². The average molecular weight is 271 g/mol. The summed E-state index contributed by atoms with van der Waals surface area (Å²) in [7, 11) is 0. The van der Waals surface area contributed by atoms with E-state index in [1.165, 1.54) is 6.92 Å². The van der Waals surface area contributed by atoms with Crippen LogP contribution < -0.4 is 11.0 Å². The zero-order valence-corrected chi connectivity index (χ0v) is 10.9. The van der Waals surface area contributed by atoms with Crippen molar-refractivity contribution in [1.29, 1.82) is 0 Å². The fourth-order valence-corrected chi connectivity index (χ4v) is 1.93. The first-order valence-corrected chi connectivity index (χ1v) is 6.28. The van der Waals surface area contributed by atoms with Crippen molar-refractivity contribution in [1.82, 2.24) is 15.3 Å². The van der Waals surface area contributed by atoms with E-state index >= 15 is 0 Å². The highest BCUT2D eigenvalue weighted by atomic mass is 32.2. The van der Waals surface area contributed by atoms with Crippen molar-refractivity contribution >= 4 is 23.6 Å². The van der Waals surface area contributed by atoms with E-state index in [0.717, 1.165) is 11.8 Å². The lowest BCUT2D eigenvalue weighted by Crippen LogP contribution is -2.39. The first kappa shape index (κ1) is 14.2. The topological polar surface area (TPSA) is 112 Å². The van der Waals surface area contributed by atoms with E-state index in [0.29, 0.717) is 5.69 Å². The van der Waals surface area contributed by atoms with E-state index in [1.54, 1.807) is 13.2 Å². The Morgan fingerprint density at radius 2 is 2.11 bits per heavy atom. The molecule has 1 rings (SSSR count). The van der Waals surface area contributed by atoms with E-state index in [1.807, 2.05) is 0 Å².